The second-order valence-corrected chi connectivity index (χ2v) is 6.05. The number of nitrogens with one attached hydrogen (secondary N) is 1. The molecule has 0 aromatic carbocycles. The number of carbonyl (C=O) groups is 1. The summed E-state index contributed by atoms with van der Waals surface area (Å²) in [7, 11) is 1.80. The fourth-order valence-electron chi connectivity index (χ4n) is 2.34. The Labute approximate surface area is 125 Å². The molecule has 0 bridgehead atoms. The summed E-state index contributed by atoms with van der Waals surface area (Å²) in [4.78, 5) is 14.0. The molecule has 0 aliphatic heterocycles. The van der Waals surface area contributed by atoms with E-state index in [1.807, 2.05) is 6.92 Å². The largest absolute Gasteiger partial charge is 0.368 e. The third-order valence-corrected chi connectivity index (χ3v) is 4.48. The van der Waals surface area contributed by atoms with Crippen molar-refractivity contribution in [2.45, 2.75) is 77.8 Å². The summed E-state index contributed by atoms with van der Waals surface area (Å²) in [6, 6.07) is 0.647. The van der Waals surface area contributed by atoms with E-state index < -0.39 is 5.54 Å². The molecule has 0 aromatic rings. The molecule has 3 N–H and O–H groups in total. The molecular weight excluding hydrogens is 250 g/mol. The van der Waals surface area contributed by atoms with Crippen molar-refractivity contribution in [2.24, 2.45) is 5.73 Å². The Hall–Kier alpha value is -0.610. The van der Waals surface area contributed by atoms with Gasteiger partial charge < -0.3 is 16.0 Å². The highest BCUT2D eigenvalue weighted by Gasteiger charge is 2.28. The summed E-state index contributed by atoms with van der Waals surface area (Å²) >= 11 is 0. The molecule has 0 fully saturated rings. The van der Waals surface area contributed by atoms with Gasteiger partial charge in [0, 0.05) is 6.04 Å². The van der Waals surface area contributed by atoms with Gasteiger partial charge in [0.2, 0.25) is 5.91 Å². The van der Waals surface area contributed by atoms with E-state index >= 15 is 0 Å². The van der Waals surface area contributed by atoms with Gasteiger partial charge in [-0.05, 0) is 66.1 Å². The van der Waals surface area contributed by atoms with Gasteiger partial charge in [-0.25, -0.2) is 0 Å². The van der Waals surface area contributed by atoms with Crippen LogP contribution in [0.3, 0.4) is 0 Å². The Balaban J connectivity index is 4.13. The second-order valence-electron chi connectivity index (χ2n) is 6.05. The summed E-state index contributed by atoms with van der Waals surface area (Å²) in [5, 5.41) is 3.05. The average Bonchev–Trinajstić information content (AvgIpc) is 2.45. The van der Waals surface area contributed by atoms with Crippen molar-refractivity contribution in [3.8, 4) is 0 Å². The summed E-state index contributed by atoms with van der Waals surface area (Å²) in [6.07, 6.45) is 6.66. The van der Waals surface area contributed by atoms with Gasteiger partial charge in [0.05, 0.1) is 5.54 Å². The fraction of sp³-hybridized carbons (Fsp3) is 0.938. The maximum Gasteiger partial charge on any atom is 0.237 e. The molecular formula is C16H35N3O. The lowest BCUT2D eigenvalue weighted by Crippen LogP contribution is -2.51. The van der Waals surface area contributed by atoms with Crippen molar-refractivity contribution < 1.29 is 4.79 Å². The Morgan fingerprint density at radius 1 is 1.25 bits per heavy atom. The van der Waals surface area contributed by atoms with Gasteiger partial charge in [0.15, 0.2) is 0 Å². The van der Waals surface area contributed by atoms with Gasteiger partial charge in [-0.2, -0.15) is 0 Å². The predicted octanol–water partition coefficient (Wildman–Crippen LogP) is 2.52. The first-order chi connectivity index (χ1) is 9.41. The van der Waals surface area contributed by atoms with Crippen molar-refractivity contribution in [1.82, 2.24) is 10.2 Å². The zero-order chi connectivity index (χ0) is 15.6. The summed E-state index contributed by atoms with van der Waals surface area (Å²) in [5.41, 5.74) is 4.88. The molecule has 0 rings (SSSR count). The van der Waals surface area contributed by atoms with Crippen molar-refractivity contribution >= 4 is 5.91 Å². The van der Waals surface area contributed by atoms with Crippen LogP contribution in [-0.4, -0.2) is 42.5 Å². The molecule has 0 aromatic heterocycles. The van der Waals surface area contributed by atoms with Crippen LogP contribution < -0.4 is 11.1 Å². The second kappa shape index (κ2) is 10.2. The molecule has 0 saturated heterocycles. The lowest BCUT2D eigenvalue weighted by atomic mass is 9.94. The monoisotopic (exact) mass is 285 g/mol. The van der Waals surface area contributed by atoms with Gasteiger partial charge >= 0.3 is 0 Å². The third-order valence-electron chi connectivity index (χ3n) is 4.48. The van der Waals surface area contributed by atoms with Gasteiger partial charge in [0.1, 0.15) is 0 Å². The van der Waals surface area contributed by atoms with E-state index in [-0.39, 0.29) is 5.91 Å². The maximum absolute atomic E-state index is 11.4. The highest BCUT2D eigenvalue weighted by molar-refractivity contribution is 5.84. The van der Waals surface area contributed by atoms with Crippen LogP contribution in [0.4, 0.5) is 0 Å². The third kappa shape index (κ3) is 6.71. The Kier molecular flexibility index (Phi) is 9.86. The van der Waals surface area contributed by atoms with Gasteiger partial charge in [-0.1, -0.05) is 20.3 Å². The van der Waals surface area contributed by atoms with Crippen LogP contribution in [0.15, 0.2) is 0 Å². The first-order valence-electron chi connectivity index (χ1n) is 8.14. The molecule has 2 unspecified atom stereocenters. The van der Waals surface area contributed by atoms with Gasteiger partial charge in [-0.15, -0.1) is 0 Å². The van der Waals surface area contributed by atoms with Crippen LogP contribution in [-0.2, 0) is 4.79 Å². The zero-order valence-corrected chi connectivity index (χ0v) is 14.2. The molecule has 0 aliphatic carbocycles. The van der Waals surface area contributed by atoms with Crippen LogP contribution in [0.25, 0.3) is 0 Å². The Bertz CT molecular complexity index is 270. The number of likely N-dealkylation sites (N-methyl/N-ethyl adjacent to an activating group) is 1. The van der Waals surface area contributed by atoms with Crippen molar-refractivity contribution in [1.29, 1.82) is 0 Å². The molecule has 0 aliphatic rings. The van der Waals surface area contributed by atoms with Gasteiger partial charge in [0.25, 0.3) is 0 Å². The van der Waals surface area contributed by atoms with Crippen LogP contribution in [0.1, 0.15) is 66.2 Å². The maximum atomic E-state index is 11.4. The SMILES string of the molecule is CCCCN(CCCCC(C)(NC)C(N)=O)C(C)CC. The zero-order valence-electron chi connectivity index (χ0n) is 14.2. The molecule has 120 valence electrons. The number of unbranched alkanes of at least 4 members (excludes halogenated alkanes) is 2. The molecule has 4 heteroatoms. The average molecular weight is 285 g/mol. The van der Waals surface area contributed by atoms with Crippen molar-refractivity contribution in [2.75, 3.05) is 20.1 Å². The first kappa shape index (κ1) is 19.4. The standard InChI is InChI=1S/C16H35N3O/c1-6-8-12-19(14(3)7-2)13-10-9-11-16(4,18-5)15(17)20/h14,18H,6-13H2,1-5H3,(H2,17,20). The minimum absolute atomic E-state index is 0.259. The molecule has 1 amide bonds. The number of rotatable bonds is 12. The van der Waals surface area contributed by atoms with Crippen molar-refractivity contribution in [3.63, 3.8) is 0 Å². The number of carbonyl (C=O) groups excluding carboxylic acids is 1. The number of primary amides is 1. The van der Waals surface area contributed by atoms with E-state index in [2.05, 4.69) is 31.0 Å². The minimum Gasteiger partial charge on any atom is -0.368 e. The minimum atomic E-state index is -0.565. The van der Waals surface area contributed by atoms with E-state index in [1.165, 1.54) is 25.8 Å². The van der Waals surface area contributed by atoms with E-state index in [4.69, 9.17) is 5.73 Å². The number of nitrogens with zero attached hydrogens (tertiary/aromatic N) is 1. The molecule has 2 atom stereocenters. The Morgan fingerprint density at radius 3 is 2.30 bits per heavy atom. The van der Waals surface area contributed by atoms with Crippen LogP contribution in [0, 0.1) is 0 Å². The van der Waals surface area contributed by atoms with Crippen molar-refractivity contribution in [3.05, 3.63) is 0 Å². The normalized spacial score (nSPS) is 16.1. The summed E-state index contributed by atoms with van der Waals surface area (Å²) in [6.45, 7) is 11.0. The van der Waals surface area contributed by atoms with E-state index in [1.54, 1.807) is 7.05 Å². The van der Waals surface area contributed by atoms with Gasteiger partial charge in [-0.3, -0.25) is 4.79 Å². The molecule has 4 nitrogen and oxygen atoms in total. The number of amides is 1. The molecule has 0 heterocycles. The Morgan fingerprint density at radius 2 is 1.85 bits per heavy atom. The number of hydrogen-bond donors (Lipinski definition) is 2. The molecule has 0 radical (unpaired) electrons. The molecule has 20 heavy (non-hydrogen) atoms. The predicted molar refractivity (Wildman–Crippen MR) is 86.7 cm³/mol. The fourth-order valence-corrected chi connectivity index (χ4v) is 2.34. The quantitative estimate of drug-likeness (QED) is 0.542. The lowest BCUT2D eigenvalue weighted by molar-refractivity contribution is -0.123. The lowest BCUT2D eigenvalue weighted by Gasteiger charge is -2.29. The van der Waals surface area contributed by atoms with E-state index in [9.17, 15) is 4.79 Å². The summed E-state index contributed by atoms with van der Waals surface area (Å²) in [5.74, 6) is -0.259. The van der Waals surface area contributed by atoms with E-state index in [0.717, 1.165) is 25.8 Å². The topological polar surface area (TPSA) is 58.4 Å². The highest BCUT2D eigenvalue weighted by atomic mass is 16.1. The highest BCUT2D eigenvalue weighted by Crippen LogP contribution is 2.14. The molecule has 0 spiro atoms. The summed E-state index contributed by atoms with van der Waals surface area (Å²) < 4.78 is 0. The van der Waals surface area contributed by atoms with Crippen LogP contribution in [0.5, 0.6) is 0 Å². The van der Waals surface area contributed by atoms with E-state index in [0.29, 0.717) is 6.04 Å². The smallest absolute Gasteiger partial charge is 0.237 e. The van der Waals surface area contributed by atoms with Crippen LogP contribution >= 0.6 is 0 Å². The first-order valence-corrected chi connectivity index (χ1v) is 8.14. The molecule has 0 saturated carbocycles. The number of hydrogen-bond acceptors (Lipinski definition) is 3. The van der Waals surface area contributed by atoms with Crippen LogP contribution in [0.2, 0.25) is 0 Å². The number of nitrogens with two attached hydrogens (primary N) is 1.